The standard InChI is InChI=1S/C10H7ClFN3O/c11-10(14-16)8-3-2-7(6-9(8)12)15-5-1-4-13-15/h1-6,16H/b14-10+. The molecule has 0 atom stereocenters. The van der Waals surface area contributed by atoms with Gasteiger partial charge in [-0.25, -0.2) is 9.07 Å². The van der Waals surface area contributed by atoms with E-state index >= 15 is 0 Å². The van der Waals surface area contributed by atoms with E-state index in [1.165, 1.54) is 16.8 Å². The van der Waals surface area contributed by atoms with E-state index in [-0.39, 0.29) is 10.7 Å². The number of oxime groups is 1. The van der Waals surface area contributed by atoms with Crippen LogP contribution in [-0.4, -0.2) is 20.2 Å². The summed E-state index contributed by atoms with van der Waals surface area (Å²) in [5.41, 5.74) is 0.605. The molecule has 6 heteroatoms. The van der Waals surface area contributed by atoms with Gasteiger partial charge in [0.2, 0.25) is 0 Å². The Kier molecular flexibility index (Phi) is 2.87. The predicted octanol–water partition coefficient (Wildman–Crippen LogP) is 2.39. The monoisotopic (exact) mass is 239 g/mol. The summed E-state index contributed by atoms with van der Waals surface area (Å²) in [6.07, 6.45) is 3.28. The molecular weight excluding hydrogens is 233 g/mol. The molecule has 16 heavy (non-hydrogen) atoms. The fourth-order valence-electron chi connectivity index (χ4n) is 1.29. The fourth-order valence-corrected chi connectivity index (χ4v) is 1.44. The van der Waals surface area contributed by atoms with E-state index in [2.05, 4.69) is 10.3 Å². The van der Waals surface area contributed by atoms with Crippen LogP contribution in [0.2, 0.25) is 0 Å². The van der Waals surface area contributed by atoms with E-state index in [0.717, 1.165) is 0 Å². The Labute approximate surface area is 95.6 Å². The second kappa shape index (κ2) is 4.32. The predicted molar refractivity (Wildman–Crippen MR) is 57.7 cm³/mol. The molecule has 0 aliphatic carbocycles. The van der Waals surface area contributed by atoms with Gasteiger partial charge in [-0.3, -0.25) is 0 Å². The summed E-state index contributed by atoms with van der Waals surface area (Å²) in [5.74, 6) is -0.573. The van der Waals surface area contributed by atoms with Crippen molar-refractivity contribution in [3.63, 3.8) is 0 Å². The topological polar surface area (TPSA) is 50.4 Å². The molecule has 1 aromatic heterocycles. The maximum atomic E-state index is 13.6. The molecule has 0 aliphatic heterocycles. The van der Waals surface area contributed by atoms with Gasteiger partial charge in [0.05, 0.1) is 11.3 Å². The van der Waals surface area contributed by atoms with Crippen LogP contribution in [0.1, 0.15) is 5.56 Å². The zero-order chi connectivity index (χ0) is 11.5. The first-order chi connectivity index (χ1) is 7.72. The molecule has 0 saturated carbocycles. The maximum absolute atomic E-state index is 13.6. The van der Waals surface area contributed by atoms with Gasteiger partial charge in [-0.05, 0) is 18.2 Å². The summed E-state index contributed by atoms with van der Waals surface area (Å²) in [6, 6.07) is 6.04. The van der Waals surface area contributed by atoms with Crippen LogP contribution >= 0.6 is 11.6 Å². The number of hydrogen-bond acceptors (Lipinski definition) is 3. The minimum Gasteiger partial charge on any atom is -0.410 e. The lowest BCUT2D eigenvalue weighted by molar-refractivity contribution is 0.320. The summed E-state index contributed by atoms with van der Waals surface area (Å²) in [5, 5.41) is 14.8. The van der Waals surface area contributed by atoms with Crippen molar-refractivity contribution >= 4 is 16.8 Å². The molecule has 0 amide bonds. The average molecular weight is 240 g/mol. The number of aromatic nitrogens is 2. The molecule has 0 bridgehead atoms. The van der Waals surface area contributed by atoms with Crippen LogP contribution in [0.3, 0.4) is 0 Å². The largest absolute Gasteiger partial charge is 0.410 e. The van der Waals surface area contributed by atoms with Crippen LogP contribution in [0.4, 0.5) is 4.39 Å². The molecule has 0 unspecified atom stereocenters. The molecule has 82 valence electrons. The molecule has 2 rings (SSSR count). The number of halogens is 2. The minimum absolute atomic E-state index is 0.0417. The Balaban J connectivity index is 2.45. The van der Waals surface area contributed by atoms with Crippen LogP contribution in [0.5, 0.6) is 0 Å². The highest BCUT2D eigenvalue weighted by Crippen LogP contribution is 2.15. The van der Waals surface area contributed by atoms with E-state index < -0.39 is 5.82 Å². The van der Waals surface area contributed by atoms with Gasteiger partial charge < -0.3 is 5.21 Å². The fraction of sp³-hybridized carbons (Fsp3) is 0. The second-order valence-electron chi connectivity index (χ2n) is 3.01. The number of hydrogen-bond donors (Lipinski definition) is 1. The molecule has 0 saturated heterocycles. The summed E-state index contributed by atoms with van der Waals surface area (Å²) in [7, 11) is 0. The van der Waals surface area contributed by atoms with Crippen molar-refractivity contribution in [3.8, 4) is 5.69 Å². The highest BCUT2D eigenvalue weighted by atomic mass is 35.5. The van der Waals surface area contributed by atoms with Gasteiger partial charge in [0.1, 0.15) is 5.82 Å². The summed E-state index contributed by atoms with van der Waals surface area (Å²) in [6.45, 7) is 0. The molecule has 0 fully saturated rings. The molecule has 1 heterocycles. The third-order valence-electron chi connectivity index (χ3n) is 2.03. The van der Waals surface area contributed by atoms with E-state index in [4.69, 9.17) is 16.8 Å². The summed E-state index contributed by atoms with van der Waals surface area (Å²) in [4.78, 5) is 0. The Morgan fingerprint density at radius 2 is 2.31 bits per heavy atom. The highest BCUT2D eigenvalue weighted by molar-refractivity contribution is 6.69. The molecule has 0 aliphatic rings. The summed E-state index contributed by atoms with van der Waals surface area (Å²) < 4.78 is 15.1. The molecule has 0 spiro atoms. The summed E-state index contributed by atoms with van der Waals surface area (Å²) >= 11 is 5.51. The third-order valence-corrected chi connectivity index (χ3v) is 2.31. The van der Waals surface area contributed by atoms with Crippen molar-refractivity contribution in [1.82, 2.24) is 9.78 Å². The Morgan fingerprint density at radius 3 is 2.88 bits per heavy atom. The second-order valence-corrected chi connectivity index (χ2v) is 3.36. The molecule has 0 radical (unpaired) electrons. The zero-order valence-corrected chi connectivity index (χ0v) is 8.76. The molecule has 4 nitrogen and oxygen atoms in total. The van der Waals surface area contributed by atoms with Crippen molar-refractivity contribution in [2.45, 2.75) is 0 Å². The lowest BCUT2D eigenvalue weighted by Gasteiger charge is -2.04. The smallest absolute Gasteiger partial charge is 0.178 e. The highest BCUT2D eigenvalue weighted by Gasteiger charge is 2.09. The van der Waals surface area contributed by atoms with Crippen molar-refractivity contribution in [2.75, 3.05) is 0 Å². The molecule has 2 aromatic rings. The lowest BCUT2D eigenvalue weighted by Crippen LogP contribution is -2.00. The number of rotatable bonds is 2. The normalized spacial score (nSPS) is 11.8. The first-order valence-corrected chi connectivity index (χ1v) is 4.77. The average Bonchev–Trinajstić information content (AvgIpc) is 2.81. The van der Waals surface area contributed by atoms with Crippen LogP contribution in [0.15, 0.2) is 41.8 Å². The van der Waals surface area contributed by atoms with Crippen LogP contribution in [-0.2, 0) is 0 Å². The Hall–Kier alpha value is -1.88. The lowest BCUT2D eigenvalue weighted by atomic mass is 10.2. The van der Waals surface area contributed by atoms with Crippen molar-refractivity contribution in [3.05, 3.63) is 48.0 Å². The van der Waals surface area contributed by atoms with E-state index in [1.54, 1.807) is 24.5 Å². The van der Waals surface area contributed by atoms with Gasteiger partial charge in [0.15, 0.2) is 5.17 Å². The molecular formula is C10H7ClFN3O. The van der Waals surface area contributed by atoms with Gasteiger partial charge in [-0.15, -0.1) is 0 Å². The first-order valence-electron chi connectivity index (χ1n) is 4.40. The Morgan fingerprint density at radius 1 is 1.50 bits per heavy atom. The first kappa shape index (κ1) is 10.6. The van der Waals surface area contributed by atoms with Gasteiger partial charge in [0.25, 0.3) is 0 Å². The van der Waals surface area contributed by atoms with E-state index in [1.807, 2.05) is 0 Å². The van der Waals surface area contributed by atoms with Crippen molar-refractivity contribution < 1.29 is 9.60 Å². The van der Waals surface area contributed by atoms with E-state index in [9.17, 15) is 4.39 Å². The number of benzene rings is 1. The molecule has 1 N–H and O–H groups in total. The molecule has 1 aromatic carbocycles. The zero-order valence-electron chi connectivity index (χ0n) is 8.01. The maximum Gasteiger partial charge on any atom is 0.178 e. The SMILES string of the molecule is O/N=C(/Cl)c1ccc(-n2cccn2)cc1F. The van der Waals surface area contributed by atoms with Gasteiger partial charge in [-0.1, -0.05) is 16.8 Å². The minimum atomic E-state index is -0.573. The van der Waals surface area contributed by atoms with Gasteiger partial charge in [-0.2, -0.15) is 5.10 Å². The van der Waals surface area contributed by atoms with E-state index in [0.29, 0.717) is 5.69 Å². The third kappa shape index (κ3) is 1.90. The quantitative estimate of drug-likeness (QED) is 0.497. The van der Waals surface area contributed by atoms with Crippen LogP contribution in [0, 0.1) is 5.82 Å². The van der Waals surface area contributed by atoms with Crippen molar-refractivity contribution in [2.24, 2.45) is 5.16 Å². The van der Waals surface area contributed by atoms with Crippen molar-refractivity contribution in [1.29, 1.82) is 0 Å². The number of nitrogens with zero attached hydrogens (tertiary/aromatic N) is 3. The van der Waals surface area contributed by atoms with Crippen LogP contribution in [0.25, 0.3) is 5.69 Å². The van der Waals surface area contributed by atoms with Crippen LogP contribution < -0.4 is 0 Å². The Bertz CT molecular complexity index is 525. The van der Waals surface area contributed by atoms with Gasteiger partial charge in [0, 0.05) is 18.5 Å². The van der Waals surface area contributed by atoms with Gasteiger partial charge >= 0.3 is 0 Å².